The number of rotatable bonds is 1. The Morgan fingerprint density at radius 3 is 2.71 bits per heavy atom. The normalized spacial score (nSPS) is 22.9. The smallest absolute Gasteiger partial charge is 0.245 e. The van der Waals surface area contributed by atoms with Gasteiger partial charge in [-0.3, -0.25) is 9.59 Å². The predicted molar refractivity (Wildman–Crippen MR) is 57.2 cm³/mol. The van der Waals surface area contributed by atoms with E-state index in [-0.39, 0.29) is 16.6 Å². The molecule has 1 aliphatic rings. The third kappa shape index (κ3) is 1.92. The fraction of sp³-hybridized carbons (Fsp3) is 0.778. The molecule has 0 spiro atoms. The summed E-state index contributed by atoms with van der Waals surface area (Å²) >= 11 is 3.22. The van der Waals surface area contributed by atoms with Crippen LogP contribution >= 0.6 is 15.9 Å². The SMILES string of the molecule is CC(Br)C(=O)N1CCNC(=O)C1(C)C. The van der Waals surface area contributed by atoms with E-state index in [2.05, 4.69) is 21.2 Å². The number of carbonyl (C=O) groups is 2. The topological polar surface area (TPSA) is 49.4 Å². The van der Waals surface area contributed by atoms with E-state index in [1.807, 2.05) is 0 Å². The summed E-state index contributed by atoms with van der Waals surface area (Å²) in [6.07, 6.45) is 0. The summed E-state index contributed by atoms with van der Waals surface area (Å²) in [6, 6.07) is 0. The summed E-state index contributed by atoms with van der Waals surface area (Å²) < 4.78 is 0. The Hall–Kier alpha value is -0.580. The summed E-state index contributed by atoms with van der Waals surface area (Å²) in [7, 11) is 0. The third-order valence-corrected chi connectivity index (χ3v) is 2.85. The van der Waals surface area contributed by atoms with Gasteiger partial charge in [0.15, 0.2) is 0 Å². The van der Waals surface area contributed by atoms with Crippen LogP contribution < -0.4 is 5.32 Å². The highest BCUT2D eigenvalue weighted by molar-refractivity contribution is 9.10. The monoisotopic (exact) mass is 262 g/mol. The van der Waals surface area contributed by atoms with Gasteiger partial charge in [-0.1, -0.05) is 15.9 Å². The van der Waals surface area contributed by atoms with Crippen LogP contribution in [0, 0.1) is 0 Å². The van der Waals surface area contributed by atoms with Crippen molar-refractivity contribution in [3.8, 4) is 0 Å². The molecule has 5 heteroatoms. The fourth-order valence-corrected chi connectivity index (χ4v) is 1.75. The summed E-state index contributed by atoms with van der Waals surface area (Å²) in [5.41, 5.74) is -0.739. The maximum absolute atomic E-state index is 11.8. The highest BCUT2D eigenvalue weighted by atomic mass is 79.9. The zero-order valence-electron chi connectivity index (χ0n) is 8.63. The number of halogens is 1. The van der Waals surface area contributed by atoms with Gasteiger partial charge in [0.05, 0.1) is 4.83 Å². The highest BCUT2D eigenvalue weighted by Gasteiger charge is 2.41. The Labute approximate surface area is 92.2 Å². The van der Waals surface area contributed by atoms with Crippen molar-refractivity contribution < 1.29 is 9.59 Å². The first-order valence-corrected chi connectivity index (χ1v) is 5.53. The van der Waals surface area contributed by atoms with Gasteiger partial charge in [0.1, 0.15) is 5.54 Å². The summed E-state index contributed by atoms with van der Waals surface area (Å²) in [6.45, 7) is 6.40. The highest BCUT2D eigenvalue weighted by Crippen LogP contribution is 2.20. The minimum atomic E-state index is -0.739. The summed E-state index contributed by atoms with van der Waals surface area (Å²) in [5.74, 6) is -0.130. The van der Waals surface area contributed by atoms with Crippen LogP contribution in [0.3, 0.4) is 0 Å². The van der Waals surface area contributed by atoms with Crippen molar-refractivity contribution in [3.05, 3.63) is 0 Å². The zero-order chi connectivity index (χ0) is 10.9. The van der Waals surface area contributed by atoms with Gasteiger partial charge in [0, 0.05) is 13.1 Å². The molecule has 0 aromatic rings. The molecule has 0 bridgehead atoms. The minimum Gasteiger partial charge on any atom is -0.352 e. The van der Waals surface area contributed by atoms with Gasteiger partial charge in [0.2, 0.25) is 11.8 Å². The van der Waals surface area contributed by atoms with E-state index in [1.54, 1.807) is 25.7 Å². The van der Waals surface area contributed by atoms with Crippen LogP contribution in [0.2, 0.25) is 0 Å². The standard InChI is InChI=1S/C9H15BrN2O2/c1-6(10)7(13)12-5-4-11-8(14)9(12,2)3/h6H,4-5H2,1-3H3,(H,11,14). The van der Waals surface area contributed by atoms with Crippen molar-refractivity contribution in [1.82, 2.24) is 10.2 Å². The van der Waals surface area contributed by atoms with E-state index in [9.17, 15) is 9.59 Å². The second-order valence-electron chi connectivity index (χ2n) is 3.92. The summed E-state index contributed by atoms with van der Waals surface area (Å²) in [5, 5.41) is 2.75. The molecule has 0 aliphatic carbocycles. The number of piperazine rings is 1. The van der Waals surface area contributed by atoms with Gasteiger partial charge in [-0.2, -0.15) is 0 Å². The molecule has 2 amide bonds. The Morgan fingerprint density at radius 1 is 1.64 bits per heavy atom. The van der Waals surface area contributed by atoms with Gasteiger partial charge in [0.25, 0.3) is 0 Å². The Morgan fingerprint density at radius 2 is 2.21 bits per heavy atom. The molecular weight excluding hydrogens is 248 g/mol. The van der Waals surface area contributed by atoms with Crippen LogP contribution in [-0.2, 0) is 9.59 Å². The molecule has 0 radical (unpaired) electrons. The lowest BCUT2D eigenvalue weighted by atomic mass is 9.98. The number of nitrogens with zero attached hydrogens (tertiary/aromatic N) is 1. The number of carbonyl (C=O) groups excluding carboxylic acids is 2. The number of alkyl halides is 1. The third-order valence-electron chi connectivity index (χ3n) is 2.46. The second kappa shape index (κ2) is 3.88. The molecule has 1 aliphatic heterocycles. The van der Waals surface area contributed by atoms with E-state index in [0.717, 1.165) is 0 Å². The maximum Gasteiger partial charge on any atom is 0.245 e. The van der Waals surface area contributed by atoms with Crippen LogP contribution in [0.1, 0.15) is 20.8 Å². The quantitative estimate of drug-likeness (QED) is 0.701. The lowest BCUT2D eigenvalue weighted by Crippen LogP contribution is -2.64. The van der Waals surface area contributed by atoms with Crippen LogP contribution in [0.15, 0.2) is 0 Å². The van der Waals surface area contributed by atoms with Gasteiger partial charge >= 0.3 is 0 Å². The fourth-order valence-electron chi connectivity index (χ4n) is 1.50. The van der Waals surface area contributed by atoms with E-state index in [4.69, 9.17) is 0 Å². The van der Waals surface area contributed by atoms with Crippen molar-refractivity contribution in [3.63, 3.8) is 0 Å². The average molecular weight is 263 g/mol. The number of nitrogens with one attached hydrogen (secondary N) is 1. The number of amides is 2. The number of hydrogen-bond acceptors (Lipinski definition) is 2. The molecule has 4 nitrogen and oxygen atoms in total. The molecule has 0 aromatic heterocycles. The van der Waals surface area contributed by atoms with Gasteiger partial charge in [-0.05, 0) is 20.8 Å². The van der Waals surface area contributed by atoms with Crippen LogP contribution in [-0.4, -0.2) is 40.2 Å². The van der Waals surface area contributed by atoms with E-state index in [1.165, 1.54) is 0 Å². The minimum absolute atomic E-state index is 0.0372. The molecule has 0 saturated carbocycles. The Balaban J connectivity index is 2.87. The zero-order valence-corrected chi connectivity index (χ0v) is 10.2. The van der Waals surface area contributed by atoms with Crippen molar-refractivity contribution >= 4 is 27.7 Å². The van der Waals surface area contributed by atoms with Crippen LogP contribution in [0.4, 0.5) is 0 Å². The molecule has 0 aromatic carbocycles. The first kappa shape index (κ1) is 11.5. The molecule has 1 N–H and O–H groups in total. The van der Waals surface area contributed by atoms with Crippen LogP contribution in [0.25, 0.3) is 0 Å². The van der Waals surface area contributed by atoms with Gasteiger partial charge < -0.3 is 10.2 Å². The lowest BCUT2D eigenvalue weighted by Gasteiger charge is -2.41. The van der Waals surface area contributed by atoms with Gasteiger partial charge in [-0.25, -0.2) is 0 Å². The molecule has 1 unspecified atom stereocenters. The maximum atomic E-state index is 11.8. The van der Waals surface area contributed by atoms with Gasteiger partial charge in [-0.15, -0.1) is 0 Å². The largest absolute Gasteiger partial charge is 0.352 e. The molecule has 1 heterocycles. The average Bonchev–Trinajstić information content (AvgIpc) is 2.08. The van der Waals surface area contributed by atoms with Crippen molar-refractivity contribution in [1.29, 1.82) is 0 Å². The van der Waals surface area contributed by atoms with E-state index < -0.39 is 5.54 Å². The van der Waals surface area contributed by atoms with Crippen LogP contribution in [0.5, 0.6) is 0 Å². The first-order chi connectivity index (χ1) is 6.37. The Kier molecular flexibility index (Phi) is 3.19. The van der Waals surface area contributed by atoms with Crippen molar-refractivity contribution in [2.24, 2.45) is 0 Å². The molecule has 1 fully saturated rings. The van der Waals surface area contributed by atoms with Crippen molar-refractivity contribution in [2.75, 3.05) is 13.1 Å². The van der Waals surface area contributed by atoms with E-state index >= 15 is 0 Å². The van der Waals surface area contributed by atoms with E-state index in [0.29, 0.717) is 13.1 Å². The lowest BCUT2D eigenvalue weighted by molar-refractivity contribution is -0.148. The second-order valence-corrected chi connectivity index (χ2v) is 5.29. The Bertz CT molecular complexity index is 264. The molecule has 80 valence electrons. The molecule has 14 heavy (non-hydrogen) atoms. The summed E-state index contributed by atoms with van der Waals surface area (Å²) in [4.78, 5) is 24.7. The first-order valence-electron chi connectivity index (χ1n) is 4.61. The molecular formula is C9H15BrN2O2. The molecule has 1 rings (SSSR count). The number of hydrogen-bond donors (Lipinski definition) is 1. The molecule has 1 atom stereocenters. The molecule has 1 saturated heterocycles. The predicted octanol–water partition coefficient (Wildman–Crippen LogP) is 0.507. The van der Waals surface area contributed by atoms with Crippen molar-refractivity contribution in [2.45, 2.75) is 31.1 Å².